The lowest BCUT2D eigenvalue weighted by Crippen LogP contribution is -2.13. The first kappa shape index (κ1) is 11.3. The summed E-state index contributed by atoms with van der Waals surface area (Å²) in [5, 5.41) is 3.22. The molecule has 0 spiro atoms. The number of rotatable bonds is 4. The van der Waals surface area contributed by atoms with Crippen molar-refractivity contribution in [2.75, 3.05) is 24.3 Å². The van der Waals surface area contributed by atoms with Crippen molar-refractivity contribution < 1.29 is 0 Å². The Morgan fingerprint density at radius 3 is 2.71 bits per heavy atom. The molecule has 0 saturated heterocycles. The standard InChI is InChI=1S/C12H15N5/c1-17(2)12-14-8-6-11(16-12)15-9-10-5-3-4-7-13-10/h3-8H,9H2,1-2H3,(H,14,15,16). The van der Waals surface area contributed by atoms with E-state index in [0.717, 1.165) is 11.5 Å². The molecule has 0 saturated carbocycles. The summed E-state index contributed by atoms with van der Waals surface area (Å²) >= 11 is 0. The first-order chi connectivity index (χ1) is 8.25. The zero-order valence-electron chi connectivity index (χ0n) is 9.96. The van der Waals surface area contributed by atoms with Gasteiger partial charge in [0.25, 0.3) is 0 Å². The van der Waals surface area contributed by atoms with Crippen LogP contribution in [0.25, 0.3) is 0 Å². The highest BCUT2D eigenvalue weighted by Gasteiger charge is 2.00. The number of anilines is 2. The minimum absolute atomic E-state index is 0.657. The summed E-state index contributed by atoms with van der Waals surface area (Å²) in [6.45, 7) is 0.657. The van der Waals surface area contributed by atoms with Gasteiger partial charge in [0, 0.05) is 26.5 Å². The lowest BCUT2D eigenvalue weighted by atomic mass is 10.3. The van der Waals surface area contributed by atoms with Crippen molar-refractivity contribution in [3.8, 4) is 0 Å². The first-order valence-electron chi connectivity index (χ1n) is 5.40. The van der Waals surface area contributed by atoms with E-state index in [1.165, 1.54) is 0 Å². The molecule has 0 unspecified atom stereocenters. The van der Waals surface area contributed by atoms with Crippen molar-refractivity contribution in [1.82, 2.24) is 15.0 Å². The van der Waals surface area contributed by atoms with E-state index in [-0.39, 0.29) is 0 Å². The molecule has 0 radical (unpaired) electrons. The molecule has 1 N–H and O–H groups in total. The second-order valence-corrected chi connectivity index (χ2v) is 3.81. The molecule has 0 aliphatic rings. The van der Waals surface area contributed by atoms with E-state index in [1.807, 2.05) is 43.3 Å². The van der Waals surface area contributed by atoms with Crippen LogP contribution in [0.3, 0.4) is 0 Å². The van der Waals surface area contributed by atoms with E-state index >= 15 is 0 Å². The predicted molar refractivity (Wildman–Crippen MR) is 67.9 cm³/mol. The molecule has 0 amide bonds. The van der Waals surface area contributed by atoms with E-state index in [2.05, 4.69) is 20.3 Å². The van der Waals surface area contributed by atoms with Crippen LogP contribution < -0.4 is 10.2 Å². The molecule has 0 aromatic carbocycles. The summed E-state index contributed by atoms with van der Waals surface area (Å²) in [7, 11) is 3.83. The molecule has 88 valence electrons. The maximum Gasteiger partial charge on any atom is 0.226 e. The minimum atomic E-state index is 0.657. The number of nitrogens with zero attached hydrogens (tertiary/aromatic N) is 4. The normalized spacial score (nSPS) is 10.0. The fraction of sp³-hybridized carbons (Fsp3) is 0.250. The number of aromatic nitrogens is 3. The average Bonchev–Trinajstić information content (AvgIpc) is 2.38. The lowest BCUT2D eigenvalue weighted by molar-refractivity contribution is 0.976. The van der Waals surface area contributed by atoms with Gasteiger partial charge in [-0.25, -0.2) is 4.98 Å². The van der Waals surface area contributed by atoms with Crippen LogP contribution >= 0.6 is 0 Å². The van der Waals surface area contributed by atoms with E-state index in [1.54, 1.807) is 12.4 Å². The lowest BCUT2D eigenvalue weighted by Gasteiger charge is -2.11. The van der Waals surface area contributed by atoms with Crippen molar-refractivity contribution in [2.24, 2.45) is 0 Å². The van der Waals surface area contributed by atoms with Crippen molar-refractivity contribution in [2.45, 2.75) is 6.54 Å². The third kappa shape index (κ3) is 3.14. The summed E-state index contributed by atoms with van der Waals surface area (Å²) in [5.74, 6) is 1.49. The molecular formula is C12H15N5. The van der Waals surface area contributed by atoms with Crippen LogP contribution in [0.1, 0.15) is 5.69 Å². The van der Waals surface area contributed by atoms with Gasteiger partial charge in [0.1, 0.15) is 5.82 Å². The van der Waals surface area contributed by atoms with Crippen LogP contribution in [-0.4, -0.2) is 29.0 Å². The zero-order chi connectivity index (χ0) is 12.1. The highest BCUT2D eigenvalue weighted by atomic mass is 15.2. The quantitative estimate of drug-likeness (QED) is 0.862. The van der Waals surface area contributed by atoms with Gasteiger partial charge in [-0.2, -0.15) is 4.98 Å². The van der Waals surface area contributed by atoms with Gasteiger partial charge in [0.05, 0.1) is 12.2 Å². The molecule has 0 aliphatic carbocycles. The van der Waals surface area contributed by atoms with Crippen molar-refractivity contribution in [3.05, 3.63) is 42.4 Å². The summed E-state index contributed by atoms with van der Waals surface area (Å²) in [6, 6.07) is 7.69. The fourth-order valence-electron chi connectivity index (χ4n) is 1.35. The second kappa shape index (κ2) is 5.25. The van der Waals surface area contributed by atoms with Gasteiger partial charge in [-0.1, -0.05) is 6.07 Å². The summed E-state index contributed by atoms with van der Waals surface area (Å²) in [5.41, 5.74) is 0.984. The van der Waals surface area contributed by atoms with E-state index in [0.29, 0.717) is 12.5 Å². The van der Waals surface area contributed by atoms with Crippen molar-refractivity contribution in [1.29, 1.82) is 0 Å². The van der Waals surface area contributed by atoms with Gasteiger partial charge in [0.2, 0.25) is 5.95 Å². The molecule has 5 nitrogen and oxygen atoms in total. The van der Waals surface area contributed by atoms with Crippen LogP contribution in [0.15, 0.2) is 36.7 Å². The Morgan fingerprint density at radius 2 is 2.00 bits per heavy atom. The summed E-state index contributed by atoms with van der Waals surface area (Å²) in [6.07, 6.45) is 3.52. The van der Waals surface area contributed by atoms with Crippen LogP contribution in [-0.2, 0) is 6.54 Å². The molecule has 2 rings (SSSR count). The molecule has 0 atom stereocenters. The Kier molecular flexibility index (Phi) is 3.49. The molecule has 0 bridgehead atoms. The molecule has 2 aromatic rings. The summed E-state index contributed by atoms with van der Waals surface area (Å²) in [4.78, 5) is 14.6. The highest BCUT2D eigenvalue weighted by Crippen LogP contribution is 2.08. The monoisotopic (exact) mass is 229 g/mol. The molecule has 5 heteroatoms. The van der Waals surface area contributed by atoms with Gasteiger partial charge >= 0.3 is 0 Å². The van der Waals surface area contributed by atoms with Crippen LogP contribution in [0.5, 0.6) is 0 Å². The van der Waals surface area contributed by atoms with Gasteiger partial charge in [-0.3, -0.25) is 4.98 Å². The van der Waals surface area contributed by atoms with Gasteiger partial charge in [0.15, 0.2) is 0 Å². The Labute approximate surface area is 101 Å². The Balaban J connectivity index is 2.02. The SMILES string of the molecule is CN(C)c1nccc(NCc2ccccn2)n1. The molecule has 17 heavy (non-hydrogen) atoms. The minimum Gasteiger partial charge on any atom is -0.364 e. The van der Waals surface area contributed by atoms with Crippen LogP contribution in [0.4, 0.5) is 11.8 Å². The largest absolute Gasteiger partial charge is 0.364 e. The first-order valence-corrected chi connectivity index (χ1v) is 5.40. The van der Waals surface area contributed by atoms with E-state index in [9.17, 15) is 0 Å². The second-order valence-electron chi connectivity index (χ2n) is 3.81. The molecule has 0 fully saturated rings. The molecule has 0 aliphatic heterocycles. The van der Waals surface area contributed by atoms with Crippen molar-refractivity contribution >= 4 is 11.8 Å². The van der Waals surface area contributed by atoms with Crippen LogP contribution in [0, 0.1) is 0 Å². The fourth-order valence-corrected chi connectivity index (χ4v) is 1.35. The maximum atomic E-state index is 4.36. The predicted octanol–water partition coefficient (Wildman–Crippen LogP) is 1.55. The smallest absolute Gasteiger partial charge is 0.226 e. The average molecular weight is 229 g/mol. The number of pyridine rings is 1. The van der Waals surface area contributed by atoms with E-state index < -0.39 is 0 Å². The van der Waals surface area contributed by atoms with Gasteiger partial charge < -0.3 is 10.2 Å². The molecule has 2 heterocycles. The summed E-state index contributed by atoms with van der Waals surface area (Å²) < 4.78 is 0. The third-order valence-electron chi connectivity index (χ3n) is 2.22. The highest BCUT2D eigenvalue weighted by molar-refractivity contribution is 5.40. The zero-order valence-corrected chi connectivity index (χ0v) is 9.96. The third-order valence-corrected chi connectivity index (χ3v) is 2.22. The number of nitrogens with one attached hydrogen (secondary N) is 1. The van der Waals surface area contributed by atoms with Gasteiger partial charge in [-0.05, 0) is 18.2 Å². The van der Waals surface area contributed by atoms with Crippen molar-refractivity contribution in [3.63, 3.8) is 0 Å². The molecule has 2 aromatic heterocycles. The Hall–Kier alpha value is -2.17. The number of hydrogen-bond donors (Lipinski definition) is 1. The van der Waals surface area contributed by atoms with Gasteiger partial charge in [-0.15, -0.1) is 0 Å². The van der Waals surface area contributed by atoms with E-state index in [4.69, 9.17) is 0 Å². The molecular weight excluding hydrogens is 214 g/mol. The Bertz CT molecular complexity index is 469. The number of hydrogen-bond acceptors (Lipinski definition) is 5. The maximum absolute atomic E-state index is 4.36. The van der Waals surface area contributed by atoms with Crippen LogP contribution in [0.2, 0.25) is 0 Å². The topological polar surface area (TPSA) is 53.9 Å². The Morgan fingerprint density at radius 1 is 1.12 bits per heavy atom.